The van der Waals surface area contributed by atoms with E-state index in [0.29, 0.717) is 6.54 Å². The molecule has 0 aromatic heterocycles. The molecule has 0 fully saturated rings. The third-order valence-electron chi connectivity index (χ3n) is 2.77. The SMILES string of the molecule is CCN(CCN)CC(OC)c1ccccc1. The minimum atomic E-state index is 0.132. The molecule has 1 rings (SSSR count). The van der Waals surface area contributed by atoms with Gasteiger partial charge in [-0.1, -0.05) is 37.3 Å². The Kier molecular flexibility index (Phi) is 6.08. The Morgan fingerprint density at radius 1 is 1.31 bits per heavy atom. The Bertz CT molecular complexity index is 277. The zero-order valence-corrected chi connectivity index (χ0v) is 10.2. The molecule has 1 aromatic carbocycles. The van der Waals surface area contributed by atoms with E-state index in [1.807, 2.05) is 18.2 Å². The molecule has 0 spiro atoms. The minimum Gasteiger partial charge on any atom is -0.375 e. The molecule has 0 aliphatic rings. The maximum absolute atomic E-state index is 5.58. The summed E-state index contributed by atoms with van der Waals surface area (Å²) in [7, 11) is 1.76. The van der Waals surface area contributed by atoms with Crippen molar-refractivity contribution in [1.29, 1.82) is 0 Å². The Morgan fingerprint density at radius 3 is 2.50 bits per heavy atom. The number of hydrogen-bond donors (Lipinski definition) is 1. The van der Waals surface area contributed by atoms with Crippen molar-refractivity contribution in [2.75, 3.05) is 33.3 Å². The van der Waals surface area contributed by atoms with Gasteiger partial charge in [0.25, 0.3) is 0 Å². The van der Waals surface area contributed by atoms with Crippen molar-refractivity contribution in [3.8, 4) is 0 Å². The molecule has 1 atom stereocenters. The minimum absolute atomic E-state index is 0.132. The summed E-state index contributed by atoms with van der Waals surface area (Å²) in [6.45, 7) is 5.66. The van der Waals surface area contributed by atoms with Gasteiger partial charge in [-0.2, -0.15) is 0 Å². The van der Waals surface area contributed by atoms with Crippen LogP contribution in [0.2, 0.25) is 0 Å². The molecule has 0 saturated heterocycles. The highest BCUT2D eigenvalue weighted by Crippen LogP contribution is 2.17. The van der Waals surface area contributed by atoms with Gasteiger partial charge in [0.05, 0.1) is 6.10 Å². The van der Waals surface area contributed by atoms with Gasteiger partial charge in [0.1, 0.15) is 0 Å². The number of rotatable bonds is 7. The first-order chi connectivity index (χ1) is 7.81. The van der Waals surface area contributed by atoms with Crippen molar-refractivity contribution in [2.24, 2.45) is 5.73 Å². The lowest BCUT2D eigenvalue weighted by molar-refractivity contribution is 0.0661. The van der Waals surface area contributed by atoms with Crippen LogP contribution in [0.15, 0.2) is 30.3 Å². The van der Waals surface area contributed by atoms with Crippen LogP contribution in [0.1, 0.15) is 18.6 Å². The predicted molar refractivity (Wildman–Crippen MR) is 67.4 cm³/mol. The summed E-state index contributed by atoms with van der Waals surface area (Å²) in [4.78, 5) is 2.31. The first-order valence-corrected chi connectivity index (χ1v) is 5.82. The summed E-state index contributed by atoms with van der Waals surface area (Å²) in [5, 5.41) is 0. The summed E-state index contributed by atoms with van der Waals surface area (Å²) in [6, 6.07) is 10.3. The van der Waals surface area contributed by atoms with E-state index in [1.54, 1.807) is 7.11 Å². The molecule has 2 N–H and O–H groups in total. The van der Waals surface area contributed by atoms with Gasteiger partial charge in [0.2, 0.25) is 0 Å². The molecule has 0 amide bonds. The van der Waals surface area contributed by atoms with Crippen LogP contribution < -0.4 is 5.73 Å². The van der Waals surface area contributed by atoms with E-state index in [4.69, 9.17) is 10.5 Å². The smallest absolute Gasteiger partial charge is 0.0947 e. The molecule has 1 aromatic rings. The van der Waals surface area contributed by atoms with Gasteiger partial charge in [-0.15, -0.1) is 0 Å². The quantitative estimate of drug-likeness (QED) is 0.762. The Morgan fingerprint density at radius 2 is 2.00 bits per heavy atom. The summed E-state index contributed by atoms with van der Waals surface area (Å²) >= 11 is 0. The fourth-order valence-corrected chi connectivity index (χ4v) is 1.78. The fraction of sp³-hybridized carbons (Fsp3) is 0.538. The van der Waals surface area contributed by atoms with Crippen LogP contribution in [-0.2, 0) is 4.74 Å². The molecular formula is C13H22N2O. The highest BCUT2D eigenvalue weighted by Gasteiger charge is 2.13. The summed E-state index contributed by atoms with van der Waals surface area (Å²) in [6.07, 6.45) is 0.132. The van der Waals surface area contributed by atoms with E-state index in [1.165, 1.54) is 5.56 Å². The van der Waals surface area contributed by atoms with E-state index in [-0.39, 0.29) is 6.10 Å². The second kappa shape index (κ2) is 7.39. The topological polar surface area (TPSA) is 38.5 Å². The van der Waals surface area contributed by atoms with Crippen molar-refractivity contribution >= 4 is 0 Å². The number of methoxy groups -OCH3 is 1. The number of ether oxygens (including phenoxy) is 1. The fourth-order valence-electron chi connectivity index (χ4n) is 1.78. The highest BCUT2D eigenvalue weighted by atomic mass is 16.5. The number of hydrogen-bond acceptors (Lipinski definition) is 3. The van der Waals surface area contributed by atoms with Crippen LogP contribution in [0.5, 0.6) is 0 Å². The summed E-state index contributed by atoms with van der Waals surface area (Å²) in [5.41, 5.74) is 6.80. The summed E-state index contributed by atoms with van der Waals surface area (Å²) < 4.78 is 5.53. The first kappa shape index (κ1) is 13.2. The van der Waals surface area contributed by atoms with Crippen molar-refractivity contribution in [3.05, 3.63) is 35.9 Å². The van der Waals surface area contributed by atoms with Crippen molar-refractivity contribution in [1.82, 2.24) is 4.90 Å². The zero-order chi connectivity index (χ0) is 11.8. The Balaban J connectivity index is 2.61. The second-order valence-corrected chi connectivity index (χ2v) is 3.82. The standard InChI is InChI=1S/C13H22N2O/c1-3-15(10-9-14)11-13(16-2)12-7-5-4-6-8-12/h4-8,13H,3,9-11,14H2,1-2H3. The maximum Gasteiger partial charge on any atom is 0.0947 e. The third-order valence-corrected chi connectivity index (χ3v) is 2.77. The zero-order valence-electron chi connectivity index (χ0n) is 10.2. The van der Waals surface area contributed by atoms with Crippen LogP contribution in [0.25, 0.3) is 0 Å². The lowest BCUT2D eigenvalue weighted by Gasteiger charge is -2.25. The molecule has 1 unspecified atom stereocenters. The normalized spacial score (nSPS) is 13.0. The molecule has 16 heavy (non-hydrogen) atoms. The molecule has 0 saturated carbocycles. The van der Waals surface area contributed by atoms with E-state index < -0.39 is 0 Å². The summed E-state index contributed by atoms with van der Waals surface area (Å²) in [5.74, 6) is 0. The monoisotopic (exact) mass is 222 g/mol. The molecular weight excluding hydrogens is 200 g/mol. The van der Waals surface area contributed by atoms with E-state index in [2.05, 4.69) is 24.0 Å². The molecule has 3 nitrogen and oxygen atoms in total. The molecule has 0 aliphatic heterocycles. The van der Waals surface area contributed by atoms with E-state index >= 15 is 0 Å². The van der Waals surface area contributed by atoms with Crippen LogP contribution in [0.3, 0.4) is 0 Å². The number of nitrogens with two attached hydrogens (primary N) is 1. The van der Waals surface area contributed by atoms with Gasteiger partial charge in [0, 0.05) is 26.7 Å². The molecule has 0 radical (unpaired) electrons. The van der Waals surface area contributed by atoms with E-state index in [0.717, 1.165) is 19.6 Å². The van der Waals surface area contributed by atoms with E-state index in [9.17, 15) is 0 Å². The largest absolute Gasteiger partial charge is 0.375 e. The van der Waals surface area contributed by atoms with Crippen LogP contribution in [0.4, 0.5) is 0 Å². The molecule has 0 heterocycles. The molecule has 0 aliphatic carbocycles. The second-order valence-electron chi connectivity index (χ2n) is 3.82. The number of benzene rings is 1. The number of nitrogens with zero attached hydrogens (tertiary/aromatic N) is 1. The van der Waals surface area contributed by atoms with Crippen LogP contribution >= 0.6 is 0 Å². The Labute approximate surface area is 98.2 Å². The average Bonchev–Trinajstić information content (AvgIpc) is 2.35. The van der Waals surface area contributed by atoms with Gasteiger partial charge in [-0.3, -0.25) is 4.90 Å². The van der Waals surface area contributed by atoms with Crippen molar-refractivity contribution in [2.45, 2.75) is 13.0 Å². The average molecular weight is 222 g/mol. The van der Waals surface area contributed by atoms with Gasteiger partial charge < -0.3 is 10.5 Å². The van der Waals surface area contributed by atoms with Gasteiger partial charge >= 0.3 is 0 Å². The molecule has 90 valence electrons. The highest BCUT2D eigenvalue weighted by molar-refractivity contribution is 5.17. The molecule has 0 bridgehead atoms. The maximum atomic E-state index is 5.58. The van der Waals surface area contributed by atoms with Gasteiger partial charge in [-0.25, -0.2) is 0 Å². The van der Waals surface area contributed by atoms with Crippen molar-refractivity contribution < 1.29 is 4.74 Å². The van der Waals surface area contributed by atoms with Gasteiger partial charge in [-0.05, 0) is 12.1 Å². The first-order valence-electron chi connectivity index (χ1n) is 5.82. The third kappa shape index (κ3) is 3.93. The Hall–Kier alpha value is -0.900. The molecule has 3 heteroatoms. The van der Waals surface area contributed by atoms with Crippen LogP contribution in [0, 0.1) is 0 Å². The lowest BCUT2D eigenvalue weighted by atomic mass is 10.1. The van der Waals surface area contributed by atoms with Crippen molar-refractivity contribution in [3.63, 3.8) is 0 Å². The van der Waals surface area contributed by atoms with Crippen LogP contribution in [-0.4, -0.2) is 38.2 Å². The predicted octanol–water partition coefficient (Wildman–Crippen LogP) is 1.65. The lowest BCUT2D eigenvalue weighted by Crippen LogP contribution is -2.33. The number of likely N-dealkylation sites (N-methyl/N-ethyl adjacent to an activating group) is 1. The van der Waals surface area contributed by atoms with Gasteiger partial charge in [0.15, 0.2) is 0 Å².